The Morgan fingerprint density at radius 1 is 1.06 bits per heavy atom. The first-order valence-corrected chi connectivity index (χ1v) is 12.9. The van der Waals surface area contributed by atoms with Crippen molar-refractivity contribution in [1.29, 1.82) is 0 Å². The molecule has 9 atom stereocenters. The fourth-order valence-electron chi connectivity index (χ4n) is 9.32. The lowest BCUT2D eigenvalue weighted by molar-refractivity contribution is -0.270. The predicted octanol–water partition coefficient (Wildman–Crippen LogP) is 4.74. The van der Waals surface area contributed by atoms with Gasteiger partial charge < -0.3 is 19.3 Å². The highest BCUT2D eigenvalue weighted by atomic mass is 16.7. The molecule has 5 aliphatic rings. The summed E-state index contributed by atoms with van der Waals surface area (Å²) >= 11 is 0. The second kappa shape index (κ2) is 7.81. The molecule has 33 heavy (non-hydrogen) atoms. The lowest BCUT2D eigenvalue weighted by Gasteiger charge is -2.67. The highest BCUT2D eigenvalue weighted by Gasteiger charge is 2.64. The van der Waals surface area contributed by atoms with Gasteiger partial charge in [-0.1, -0.05) is 34.1 Å². The van der Waals surface area contributed by atoms with E-state index in [2.05, 4.69) is 27.7 Å². The number of hydrogen-bond donors (Lipinski definition) is 1. The Balaban J connectivity index is 1.50. The smallest absolute Gasteiger partial charge is 0.333 e. The Morgan fingerprint density at radius 2 is 1.82 bits per heavy atom. The Kier molecular flexibility index (Phi) is 5.52. The molecule has 0 spiro atoms. The number of carbonyl (C=O) groups excluding carboxylic acids is 2. The second-order valence-corrected chi connectivity index (χ2v) is 12.6. The zero-order valence-corrected chi connectivity index (χ0v) is 20.8. The average molecular weight is 461 g/mol. The summed E-state index contributed by atoms with van der Waals surface area (Å²) in [5.41, 5.74) is 1.26. The molecule has 1 N–H and O–H groups in total. The number of rotatable bonds is 2. The molecular formula is C27H40O6. The number of carbonyl (C=O) groups is 2. The van der Waals surface area contributed by atoms with Gasteiger partial charge in [-0.25, -0.2) is 4.79 Å². The number of esters is 2. The Bertz CT molecular complexity index is 863. The van der Waals surface area contributed by atoms with Crippen LogP contribution in [0.5, 0.6) is 0 Å². The summed E-state index contributed by atoms with van der Waals surface area (Å²) in [6, 6.07) is 0. The Morgan fingerprint density at radius 3 is 2.48 bits per heavy atom. The van der Waals surface area contributed by atoms with Crippen LogP contribution in [0.15, 0.2) is 11.6 Å². The van der Waals surface area contributed by atoms with Gasteiger partial charge in [0.2, 0.25) is 12.6 Å². The van der Waals surface area contributed by atoms with Crippen molar-refractivity contribution in [3.8, 4) is 0 Å². The highest BCUT2D eigenvalue weighted by molar-refractivity contribution is 5.85. The summed E-state index contributed by atoms with van der Waals surface area (Å²) in [5, 5.41) is 10.3. The molecular weight excluding hydrogens is 420 g/mol. The summed E-state index contributed by atoms with van der Waals surface area (Å²) in [6.07, 6.45) is 8.07. The Labute approximate surface area is 197 Å². The van der Waals surface area contributed by atoms with E-state index in [1.54, 1.807) is 0 Å². The maximum atomic E-state index is 12.0. The van der Waals surface area contributed by atoms with E-state index in [1.807, 2.05) is 0 Å². The molecule has 6 heteroatoms. The standard InChI is InChI=1S/C27H40O6/c1-15(28)31-24-16-7-8-21-26(4,12-9-20-25(2,3)10-6-11-27(20,21)5)18(16)14-19(32-24)17-13-22(29)33-23(17)30/h13,16,18-21,23-24,30H,6-12,14H2,1-5H3/t16-,18+,19+,20?,21?,23?,24+,26-,27-/m0/s1. The van der Waals surface area contributed by atoms with E-state index in [4.69, 9.17) is 14.2 Å². The number of ether oxygens (including phenoxy) is 3. The van der Waals surface area contributed by atoms with Crippen molar-refractivity contribution >= 4 is 11.9 Å². The van der Waals surface area contributed by atoms with E-state index in [0.29, 0.717) is 28.2 Å². The molecule has 0 aromatic carbocycles. The van der Waals surface area contributed by atoms with Crippen LogP contribution in [-0.2, 0) is 23.8 Å². The van der Waals surface area contributed by atoms with Gasteiger partial charge >= 0.3 is 11.9 Å². The molecule has 4 fully saturated rings. The van der Waals surface area contributed by atoms with Crippen molar-refractivity contribution in [2.24, 2.45) is 39.9 Å². The van der Waals surface area contributed by atoms with Crippen LogP contribution in [0.4, 0.5) is 0 Å². The molecule has 3 aliphatic carbocycles. The molecule has 3 unspecified atom stereocenters. The van der Waals surface area contributed by atoms with Crippen molar-refractivity contribution in [3.05, 3.63) is 11.6 Å². The number of aliphatic hydroxyl groups is 1. The van der Waals surface area contributed by atoms with Crippen molar-refractivity contribution in [3.63, 3.8) is 0 Å². The quantitative estimate of drug-likeness (QED) is 0.600. The van der Waals surface area contributed by atoms with Gasteiger partial charge in [-0.15, -0.1) is 0 Å². The molecule has 0 aromatic heterocycles. The minimum absolute atomic E-state index is 0.108. The van der Waals surface area contributed by atoms with Gasteiger partial charge in [0.15, 0.2) is 0 Å². The maximum absolute atomic E-state index is 12.0. The third kappa shape index (κ3) is 3.58. The topological polar surface area (TPSA) is 82.1 Å². The van der Waals surface area contributed by atoms with E-state index in [-0.39, 0.29) is 17.3 Å². The number of cyclic esters (lactones) is 1. The summed E-state index contributed by atoms with van der Waals surface area (Å²) in [6.45, 7) is 11.4. The van der Waals surface area contributed by atoms with Crippen LogP contribution < -0.4 is 0 Å². The molecule has 1 saturated heterocycles. The molecule has 5 rings (SSSR count). The number of aliphatic hydroxyl groups excluding tert-OH is 1. The maximum Gasteiger partial charge on any atom is 0.333 e. The normalized spacial score (nSPS) is 48.6. The summed E-state index contributed by atoms with van der Waals surface area (Å²) in [4.78, 5) is 23.8. The van der Waals surface area contributed by atoms with Gasteiger partial charge in [-0.05, 0) is 78.9 Å². The van der Waals surface area contributed by atoms with Crippen LogP contribution in [0.1, 0.15) is 86.0 Å². The van der Waals surface area contributed by atoms with Crippen LogP contribution >= 0.6 is 0 Å². The van der Waals surface area contributed by atoms with Crippen molar-refractivity contribution in [2.75, 3.05) is 0 Å². The van der Waals surface area contributed by atoms with Gasteiger partial charge in [-0.3, -0.25) is 4.79 Å². The molecule has 0 amide bonds. The van der Waals surface area contributed by atoms with Crippen LogP contribution in [-0.4, -0.2) is 35.7 Å². The largest absolute Gasteiger partial charge is 0.436 e. The monoisotopic (exact) mass is 460 g/mol. The van der Waals surface area contributed by atoms with E-state index >= 15 is 0 Å². The van der Waals surface area contributed by atoms with Crippen molar-refractivity contribution < 1.29 is 28.9 Å². The van der Waals surface area contributed by atoms with Crippen LogP contribution in [0.2, 0.25) is 0 Å². The summed E-state index contributed by atoms with van der Waals surface area (Å²) in [7, 11) is 0. The van der Waals surface area contributed by atoms with E-state index < -0.39 is 24.7 Å². The van der Waals surface area contributed by atoms with Gasteiger partial charge in [0, 0.05) is 24.5 Å². The van der Waals surface area contributed by atoms with Crippen LogP contribution in [0.3, 0.4) is 0 Å². The van der Waals surface area contributed by atoms with E-state index in [1.165, 1.54) is 45.1 Å². The second-order valence-electron chi connectivity index (χ2n) is 12.6. The fourth-order valence-corrected chi connectivity index (χ4v) is 9.32. The SMILES string of the molecule is CC(=O)O[C@@H]1O[C@@H](C2=CC(=O)OC2O)C[C@@H]2[C@@H]1CCC1[C@@]3(C)CCCC(C)(C)C3CC[C@]12C. The fraction of sp³-hybridized carbons (Fsp3) is 0.852. The Hall–Kier alpha value is -1.40. The van der Waals surface area contributed by atoms with Crippen LogP contribution in [0.25, 0.3) is 0 Å². The molecule has 6 nitrogen and oxygen atoms in total. The first-order chi connectivity index (χ1) is 15.5. The first kappa shape index (κ1) is 23.3. The molecule has 0 radical (unpaired) electrons. The molecule has 2 aliphatic heterocycles. The number of hydrogen-bond acceptors (Lipinski definition) is 6. The van der Waals surface area contributed by atoms with Crippen LogP contribution in [0, 0.1) is 39.9 Å². The molecule has 3 saturated carbocycles. The van der Waals surface area contributed by atoms with Gasteiger partial charge in [-0.2, -0.15) is 0 Å². The predicted molar refractivity (Wildman–Crippen MR) is 121 cm³/mol. The molecule has 0 bridgehead atoms. The third-order valence-corrected chi connectivity index (χ3v) is 10.6. The highest BCUT2D eigenvalue weighted by Crippen LogP contribution is 2.70. The van der Waals surface area contributed by atoms with Crippen molar-refractivity contribution in [1.82, 2.24) is 0 Å². The minimum atomic E-state index is -1.28. The first-order valence-electron chi connectivity index (χ1n) is 12.9. The zero-order valence-electron chi connectivity index (χ0n) is 20.8. The van der Waals surface area contributed by atoms with Crippen molar-refractivity contribution in [2.45, 2.75) is 105 Å². The number of fused-ring (bicyclic) bond motifs is 5. The van der Waals surface area contributed by atoms with E-state index in [0.717, 1.165) is 25.2 Å². The zero-order chi connectivity index (χ0) is 23.8. The summed E-state index contributed by atoms with van der Waals surface area (Å²) in [5.74, 6) is 0.882. The molecule has 0 aromatic rings. The minimum Gasteiger partial charge on any atom is -0.436 e. The lowest BCUT2D eigenvalue weighted by Crippen LogP contribution is -2.62. The molecule has 2 heterocycles. The lowest BCUT2D eigenvalue weighted by atomic mass is 9.38. The van der Waals surface area contributed by atoms with Gasteiger partial charge in [0.1, 0.15) is 0 Å². The third-order valence-electron chi connectivity index (χ3n) is 10.6. The van der Waals surface area contributed by atoms with Gasteiger partial charge in [0.25, 0.3) is 0 Å². The van der Waals surface area contributed by atoms with Gasteiger partial charge in [0.05, 0.1) is 6.10 Å². The average Bonchev–Trinajstić information content (AvgIpc) is 3.04. The summed E-state index contributed by atoms with van der Waals surface area (Å²) < 4.78 is 16.9. The van der Waals surface area contributed by atoms with E-state index in [9.17, 15) is 14.7 Å². The molecule has 184 valence electrons.